The number of ether oxygens (including phenoxy) is 1. The van der Waals surface area contributed by atoms with Gasteiger partial charge in [0.1, 0.15) is 17.6 Å². The zero-order valence-electron chi connectivity index (χ0n) is 12.7. The summed E-state index contributed by atoms with van der Waals surface area (Å²) < 4.78 is 59.0. The van der Waals surface area contributed by atoms with Crippen molar-refractivity contribution in [2.24, 2.45) is 0 Å². The van der Waals surface area contributed by atoms with Crippen LogP contribution in [0.25, 0.3) is 11.3 Å². The van der Waals surface area contributed by atoms with Gasteiger partial charge in [-0.05, 0) is 19.1 Å². The van der Waals surface area contributed by atoms with E-state index in [1.807, 2.05) is 0 Å². The predicted molar refractivity (Wildman–Crippen MR) is 81.5 cm³/mol. The molecule has 1 N–H and O–H groups in total. The molecule has 0 bridgehead atoms. The smallest absolute Gasteiger partial charge is 0.436 e. The minimum Gasteiger partial charge on any atom is -0.495 e. The zero-order valence-corrected chi connectivity index (χ0v) is 14.2. The van der Waals surface area contributed by atoms with Crippen molar-refractivity contribution in [2.75, 3.05) is 7.11 Å². The summed E-state index contributed by atoms with van der Waals surface area (Å²) >= 11 is 11.5. The number of benzene rings is 1. The summed E-state index contributed by atoms with van der Waals surface area (Å²) in [6.07, 6.45) is -4.96. The summed E-state index contributed by atoms with van der Waals surface area (Å²) in [5.41, 5.74) is -2.50. The molecule has 1 unspecified atom stereocenters. The molecule has 0 aliphatic carbocycles. The number of alkyl halides is 3. The number of methoxy groups -OCH3 is 1. The Kier molecular flexibility index (Phi) is 5.19. The topological polar surface area (TPSA) is 64.4 Å². The maximum Gasteiger partial charge on any atom is 0.436 e. The van der Waals surface area contributed by atoms with Gasteiger partial charge in [-0.3, -0.25) is 0 Å². The first-order valence-corrected chi connectivity index (χ1v) is 7.36. The summed E-state index contributed by atoms with van der Waals surface area (Å²) in [5, 5.41) is 11.3. The quantitative estimate of drug-likeness (QED) is 0.757. The average molecular weight is 401 g/mol. The molecule has 136 valence electrons. The van der Waals surface area contributed by atoms with Crippen molar-refractivity contribution in [3.63, 3.8) is 0 Å². The number of hydrogen-bond acceptors (Lipinski definition) is 3. The molecule has 0 amide bonds. The van der Waals surface area contributed by atoms with Gasteiger partial charge in [-0.25, -0.2) is 13.9 Å². The fourth-order valence-electron chi connectivity index (χ4n) is 2.09. The molecule has 25 heavy (non-hydrogen) atoms. The summed E-state index contributed by atoms with van der Waals surface area (Å²) in [4.78, 5) is 11.2. The second-order valence-electron chi connectivity index (χ2n) is 4.93. The van der Waals surface area contributed by atoms with E-state index >= 15 is 0 Å². The van der Waals surface area contributed by atoms with E-state index in [1.165, 1.54) is 7.11 Å². The van der Waals surface area contributed by atoms with Crippen molar-refractivity contribution in [3.8, 4) is 17.0 Å². The van der Waals surface area contributed by atoms with E-state index < -0.39 is 46.0 Å². The van der Waals surface area contributed by atoms with Gasteiger partial charge in [0.05, 0.1) is 22.8 Å². The molecule has 2 rings (SSSR count). The highest BCUT2D eigenvalue weighted by Gasteiger charge is 2.40. The lowest BCUT2D eigenvalue weighted by molar-refractivity contribution is -0.144. The van der Waals surface area contributed by atoms with Gasteiger partial charge < -0.3 is 9.84 Å². The fourth-order valence-corrected chi connectivity index (χ4v) is 2.65. The highest BCUT2D eigenvalue weighted by Crippen LogP contribution is 2.43. The number of carboxylic acids is 1. The van der Waals surface area contributed by atoms with E-state index in [-0.39, 0.29) is 10.8 Å². The SMILES string of the molecule is COc1cc(-c2c(Cl)c(C(F)(F)F)nn2C(C)C(=O)O)c(F)cc1Cl. The number of aliphatic carboxylic acids is 1. The molecule has 1 aromatic heterocycles. The number of aromatic nitrogens is 2. The molecule has 11 heteroatoms. The monoisotopic (exact) mass is 400 g/mol. The molecule has 0 fully saturated rings. The number of rotatable bonds is 4. The van der Waals surface area contributed by atoms with E-state index in [4.69, 9.17) is 33.0 Å². The molecule has 2 aromatic rings. The van der Waals surface area contributed by atoms with Crippen LogP contribution >= 0.6 is 23.2 Å². The van der Waals surface area contributed by atoms with Crippen molar-refractivity contribution < 1.29 is 32.2 Å². The second kappa shape index (κ2) is 6.72. The lowest BCUT2D eigenvalue weighted by atomic mass is 10.1. The first-order valence-electron chi connectivity index (χ1n) is 6.60. The Labute approximate surface area is 148 Å². The van der Waals surface area contributed by atoms with Crippen molar-refractivity contribution in [1.82, 2.24) is 9.78 Å². The van der Waals surface area contributed by atoms with E-state index in [9.17, 15) is 22.4 Å². The summed E-state index contributed by atoms with van der Waals surface area (Å²) in [6, 6.07) is 0.304. The van der Waals surface area contributed by atoms with Crippen LogP contribution in [-0.2, 0) is 11.0 Å². The van der Waals surface area contributed by atoms with E-state index in [0.29, 0.717) is 4.68 Å². The Hall–Kier alpha value is -2.00. The molecule has 0 aliphatic heterocycles. The van der Waals surface area contributed by atoms with Gasteiger partial charge in [0.2, 0.25) is 0 Å². The molecule has 0 spiro atoms. The van der Waals surface area contributed by atoms with Crippen molar-refractivity contribution in [2.45, 2.75) is 19.1 Å². The molecule has 1 heterocycles. The van der Waals surface area contributed by atoms with Gasteiger partial charge >= 0.3 is 12.1 Å². The molecule has 0 radical (unpaired) electrons. The molecular formula is C14H10Cl2F4N2O3. The molecule has 5 nitrogen and oxygen atoms in total. The van der Waals surface area contributed by atoms with E-state index in [2.05, 4.69) is 5.10 Å². The number of carboxylic acid groups (broad SMARTS) is 1. The van der Waals surface area contributed by atoms with Crippen LogP contribution in [0.2, 0.25) is 10.0 Å². The Morgan fingerprint density at radius 2 is 1.96 bits per heavy atom. The molecule has 1 atom stereocenters. The van der Waals surface area contributed by atoms with Crippen LogP contribution in [0.5, 0.6) is 5.75 Å². The lowest BCUT2D eigenvalue weighted by Crippen LogP contribution is -2.19. The summed E-state index contributed by atoms with van der Waals surface area (Å²) in [7, 11) is 1.23. The first kappa shape index (κ1) is 19.3. The average Bonchev–Trinajstić information content (AvgIpc) is 2.84. The Bertz CT molecular complexity index is 836. The number of nitrogens with zero attached hydrogens (tertiary/aromatic N) is 2. The number of halogens is 6. The van der Waals surface area contributed by atoms with Crippen LogP contribution in [0.15, 0.2) is 12.1 Å². The van der Waals surface area contributed by atoms with Gasteiger partial charge in [0.15, 0.2) is 5.69 Å². The normalized spacial score (nSPS) is 13.0. The van der Waals surface area contributed by atoms with Crippen LogP contribution in [-0.4, -0.2) is 28.0 Å². The molecule has 0 saturated heterocycles. The Morgan fingerprint density at radius 3 is 2.44 bits per heavy atom. The van der Waals surface area contributed by atoms with Crippen molar-refractivity contribution in [1.29, 1.82) is 0 Å². The lowest BCUT2D eigenvalue weighted by Gasteiger charge is -2.14. The minimum atomic E-state index is -4.96. The third-order valence-corrected chi connectivity index (χ3v) is 4.00. The molecule has 0 saturated carbocycles. The zero-order chi connectivity index (χ0) is 19.1. The van der Waals surface area contributed by atoms with Gasteiger partial charge in [0.25, 0.3) is 0 Å². The molecule has 0 aliphatic rings. The van der Waals surface area contributed by atoms with Crippen molar-refractivity contribution >= 4 is 29.2 Å². The van der Waals surface area contributed by atoms with Crippen LogP contribution in [0.3, 0.4) is 0 Å². The number of hydrogen-bond donors (Lipinski definition) is 1. The van der Waals surface area contributed by atoms with E-state index in [0.717, 1.165) is 19.1 Å². The van der Waals surface area contributed by atoms with Gasteiger partial charge in [-0.15, -0.1) is 0 Å². The molecule has 1 aromatic carbocycles. The van der Waals surface area contributed by atoms with Crippen LogP contribution in [0.1, 0.15) is 18.7 Å². The highest BCUT2D eigenvalue weighted by molar-refractivity contribution is 6.34. The second-order valence-corrected chi connectivity index (χ2v) is 5.72. The third-order valence-electron chi connectivity index (χ3n) is 3.34. The summed E-state index contributed by atoms with van der Waals surface area (Å²) in [6.45, 7) is 1.08. The first-order chi connectivity index (χ1) is 11.5. The number of carbonyl (C=O) groups is 1. The van der Waals surface area contributed by atoms with Crippen LogP contribution in [0.4, 0.5) is 17.6 Å². The van der Waals surface area contributed by atoms with Crippen LogP contribution < -0.4 is 4.74 Å². The van der Waals surface area contributed by atoms with Gasteiger partial charge in [-0.2, -0.15) is 18.3 Å². The summed E-state index contributed by atoms with van der Waals surface area (Å²) in [5.74, 6) is -2.52. The fraction of sp³-hybridized carbons (Fsp3) is 0.286. The molecular weight excluding hydrogens is 391 g/mol. The highest BCUT2D eigenvalue weighted by atomic mass is 35.5. The third kappa shape index (κ3) is 3.52. The largest absolute Gasteiger partial charge is 0.495 e. The van der Waals surface area contributed by atoms with Gasteiger partial charge in [-0.1, -0.05) is 23.2 Å². The maximum atomic E-state index is 14.3. The minimum absolute atomic E-state index is 0.0292. The maximum absolute atomic E-state index is 14.3. The Balaban J connectivity index is 2.84. The van der Waals surface area contributed by atoms with Crippen LogP contribution in [0, 0.1) is 5.82 Å². The predicted octanol–water partition coefficient (Wildman–Crippen LogP) is 4.67. The van der Waals surface area contributed by atoms with Gasteiger partial charge in [0, 0.05) is 5.56 Å². The Morgan fingerprint density at radius 1 is 1.36 bits per heavy atom. The van der Waals surface area contributed by atoms with Crippen molar-refractivity contribution in [3.05, 3.63) is 33.7 Å². The standard InChI is InChI=1S/C14H10Cl2F4N2O3/c1-5(13(23)24)22-11(10(16)12(21-22)14(18,19)20)6-3-9(25-2)7(15)4-8(6)17/h3-5H,1-2H3,(H,23,24). The van der Waals surface area contributed by atoms with E-state index in [1.54, 1.807) is 0 Å².